The van der Waals surface area contributed by atoms with Crippen molar-refractivity contribution >= 4 is 11.9 Å². The molecule has 14 heavy (non-hydrogen) atoms. The highest BCUT2D eigenvalue weighted by molar-refractivity contribution is 5.77. The van der Waals surface area contributed by atoms with Gasteiger partial charge >= 0.3 is 11.9 Å². The van der Waals surface area contributed by atoms with Crippen LogP contribution in [0.4, 0.5) is 0 Å². The topological polar surface area (TPSA) is 74.6 Å². The molecular formula is C10H14O4. The van der Waals surface area contributed by atoms with E-state index in [2.05, 4.69) is 0 Å². The number of carboxylic acids is 2. The molecule has 3 atom stereocenters. The molecule has 2 rings (SSSR count). The van der Waals surface area contributed by atoms with E-state index in [4.69, 9.17) is 10.2 Å². The molecule has 0 bridgehead atoms. The van der Waals surface area contributed by atoms with Crippen LogP contribution in [0.2, 0.25) is 0 Å². The Labute approximate surface area is 81.9 Å². The summed E-state index contributed by atoms with van der Waals surface area (Å²) in [5.74, 6) is -1.70. The number of carboxylic acid groups (broad SMARTS) is 2. The van der Waals surface area contributed by atoms with E-state index in [1.54, 1.807) is 0 Å². The highest BCUT2D eigenvalue weighted by atomic mass is 16.4. The quantitative estimate of drug-likeness (QED) is 0.702. The first-order chi connectivity index (χ1) is 6.56. The van der Waals surface area contributed by atoms with Crippen LogP contribution in [-0.4, -0.2) is 22.2 Å². The predicted octanol–water partition coefficient (Wildman–Crippen LogP) is 1.35. The number of hydrogen-bond donors (Lipinski definition) is 2. The van der Waals surface area contributed by atoms with Gasteiger partial charge in [-0.15, -0.1) is 0 Å². The number of aliphatic carboxylic acids is 2. The minimum Gasteiger partial charge on any atom is -0.481 e. The Balaban J connectivity index is 2.09. The number of hydrogen-bond acceptors (Lipinski definition) is 2. The lowest BCUT2D eigenvalue weighted by Crippen LogP contribution is -2.51. The summed E-state index contributed by atoms with van der Waals surface area (Å²) in [7, 11) is 0. The van der Waals surface area contributed by atoms with Gasteiger partial charge in [0.25, 0.3) is 0 Å². The molecule has 2 aliphatic rings. The molecule has 0 aromatic heterocycles. The normalized spacial score (nSPS) is 40.9. The summed E-state index contributed by atoms with van der Waals surface area (Å²) in [6.45, 7) is 0. The van der Waals surface area contributed by atoms with Gasteiger partial charge in [0.15, 0.2) is 0 Å². The molecule has 0 aromatic carbocycles. The van der Waals surface area contributed by atoms with Crippen molar-refractivity contribution in [1.82, 2.24) is 0 Å². The monoisotopic (exact) mass is 198 g/mol. The second-order valence-electron chi connectivity index (χ2n) is 4.51. The molecule has 78 valence electrons. The fraction of sp³-hybridized carbons (Fsp3) is 0.800. The zero-order valence-electron chi connectivity index (χ0n) is 7.90. The van der Waals surface area contributed by atoms with Gasteiger partial charge in [0, 0.05) is 0 Å². The van der Waals surface area contributed by atoms with Gasteiger partial charge < -0.3 is 10.2 Å². The van der Waals surface area contributed by atoms with Crippen molar-refractivity contribution < 1.29 is 19.8 Å². The van der Waals surface area contributed by atoms with Crippen LogP contribution in [0.15, 0.2) is 0 Å². The van der Waals surface area contributed by atoms with Gasteiger partial charge in [-0.2, -0.15) is 0 Å². The lowest BCUT2D eigenvalue weighted by molar-refractivity contribution is -0.171. The lowest BCUT2D eigenvalue weighted by Gasteiger charge is -2.50. The molecule has 2 fully saturated rings. The SMILES string of the molecule is O=C(O)C1CCC2(C(=O)O)CCC2C1. The number of rotatable bonds is 2. The zero-order chi connectivity index (χ0) is 10.3. The second kappa shape index (κ2) is 2.97. The van der Waals surface area contributed by atoms with Gasteiger partial charge in [-0.05, 0) is 38.0 Å². The summed E-state index contributed by atoms with van der Waals surface area (Å²) in [6.07, 6.45) is 3.25. The Bertz CT molecular complexity index is 286. The van der Waals surface area contributed by atoms with Crippen molar-refractivity contribution in [2.45, 2.75) is 32.1 Å². The Hall–Kier alpha value is -1.06. The third kappa shape index (κ3) is 1.13. The van der Waals surface area contributed by atoms with E-state index < -0.39 is 17.4 Å². The summed E-state index contributed by atoms with van der Waals surface area (Å²) in [5.41, 5.74) is -0.564. The minimum absolute atomic E-state index is 0.106. The summed E-state index contributed by atoms with van der Waals surface area (Å²) in [4.78, 5) is 21.8. The minimum atomic E-state index is -0.768. The van der Waals surface area contributed by atoms with Crippen molar-refractivity contribution in [1.29, 1.82) is 0 Å². The maximum Gasteiger partial charge on any atom is 0.309 e. The van der Waals surface area contributed by atoms with Gasteiger partial charge in [-0.1, -0.05) is 0 Å². The predicted molar refractivity (Wildman–Crippen MR) is 47.8 cm³/mol. The first-order valence-corrected chi connectivity index (χ1v) is 5.02. The molecule has 0 aliphatic heterocycles. The van der Waals surface area contributed by atoms with Crippen molar-refractivity contribution in [3.8, 4) is 0 Å². The van der Waals surface area contributed by atoms with E-state index in [0.29, 0.717) is 19.3 Å². The van der Waals surface area contributed by atoms with Crippen LogP contribution in [0.25, 0.3) is 0 Å². The molecule has 2 saturated carbocycles. The van der Waals surface area contributed by atoms with E-state index in [1.807, 2.05) is 0 Å². The molecule has 0 saturated heterocycles. The molecule has 3 unspecified atom stereocenters. The van der Waals surface area contributed by atoms with Crippen LogP contribution in [0.5, 0.6) is 0 Å². The van der Waals surface area contributed by atoms with Crippen molar-refractivity contribution in [3.05, 3.63) is 0 Å². The number of fused-ring (bicyclic) bond motifs is 1. The standard InChI is InChI=1S/C10H14O4/c11-8(12)6-1-3-10(9(13)14)4-2-7(10)5-6/h6-7H,1-5H2,(H,11,12)(H,13,14). The van der Waals surface area contributed by atoms with Crippen LogP contribution >= 0.6 is 0 Å². The van der Waals surface area contributed by atoms with Crippen LogP contribution in [-0.2, 0) is 9.59 Å². The van der Waals surface area contributed by atoms with E-state index in [0.717, 1.165) is 12.8 Å². The van der Waals surface area contributed by atoms with E-state index >= 15 is 0 Å². The fourth-order valence-corrected chi connectivity index (χ4v) is 2.88. The van der Waals surface area contributed by atoms with Crippen LogP contribution in [0.3, 0.4) is 0 Å². The number of carbonyl (C=O) groups is 2. The molecule has 4 nitrogen and oxygen atoms in total. The molecule has 0 heterocycles. The Morgan fingerprint density at radius 2 is 1.79 bits per heavy atom. The van der Waals surface area contributed by atoms with Crippen molar-refractivity contribution in [2.75, 3.05) is 0 Å². The average Bonchev–Trinajstić information content (AvgIpc) is 2.06. The first-order valence-electron chi connectivity index (χ1n) is 5.02. The molecular weight excluding hydrogens is 184 g/mol. The molecule has 0 amide bonds. The summed E-state index contributed by atoms with van der Waals surface area (Å²) < 4.78 is 0. The molecule has 4 heteroatoms. The Morgan fingerprint density at radius 3 is 2.14 bits per heavy atom. The fourth-order valence-electron chi connectivity index (χ4n) is 2.88. The highest BCUT2D eigenvalue weighted by Crippen LogP contribution is 2.56. The third-order valence-electron chi connectivity index (χ3n) is 4.00. The third-order valence-corrected chi connectivity index (χ3v) is 4.00. The van der Waals surface area contributed by atoms with Crippen LogP contribution in [0, 0.1) is 17.3 Å². The van der Waals surface area contributed by atoms with Crippen LogP contribution in [0.1, 0.15) is 32.1 Å². The summed E-state index contributed by atoms with van der Waals surface area (Å²) in [6, 6.07) is 0. The average molecular weight is 198 g/mol. The smallest absolute Gasteiger partial charge is 0.309 e. The first kappa shape index (κ1) is 9.49. The molecule has 0 aromatic rings. The highest BCUT2D eigenvalue weighted by Gasteiger charge is 2.56. The lowest BCUT2D eigenvalue weighted by atomic mass is 9.52. The second-order valence-corrected chi connectivity index (χ2v) is 4.51. The maximum atomic E-state index is 11.1. The molecule has 2 N–H and O–H groups in total. The van der Waals surface area contributed by atoms with Gasteiger partial charge in [0.1, 0.15) is 0 Å². The molecule has 2 aliphatic carbocycles. The largest absolute Gasteiger partial charge is 0.481 e. The molecule has 0 radical (unpaired) electrons. The van der Waals surface area contributed by atoms with Crippen molar-refractivity contribution in [3.63, 3.8) is 0 Å². The summed E-state index contributed by atoms with van der Waals surface area (Å²) in [5, 5.41) is 17.9. The van der Waals surface area contributed by atoms with Gasteiger partial charge in [-0.3, -0.25) is 9.59 Å². The van der Waals surface area contributed by atoms with E-state index in [1.165, 1.54) is 0 Å². The van der Waals surface area contributed by atoms with Gasteiger partial charge in [0.05, 0.1) is 11.3 Å². The zero-order valence-corrected chi connectivity index (χ0v) is 7.90. The van der Waals surface area contributed by atoms with Gasteiger partial charge in [-0.25, -0.2) is 0 Å². The Morgan fingerprint density at radius 1 is 1.14 bits per heavy atom. The van der Waals surface area contributed by atoms with E-state index in [9.17, 15) is 9.59 Å². The molecule has 0 spiro atoms. The Kier molecular flexibility index (Phi) is 2.01. The van der Waals surface area contributed by atoms with Crippen LogP contribution < -0.4 is 0 Å². The van der Waals surface area contributed by atoms with Crippen molar-refractivity contribution in [2.24, 2.45) is 17.3 Å². The summed E-state index contributed by atoms with van der Waals surface area (Å²) >= 11 is 0. The van der Waals surface area contributed by atoms with Gasteiger partial charge in [0.2, 0.25) is 0 Å². The maximum absolute atomic E-state index is 11.1. The van der Waals surface area contributed by atoms with E-state index in [-0.39, 0.29) is 11.8 Å².